The number of hydrogen-bond donors (Lipinski definition) is 1. The van der Waals surface area contributed by atoms with Crippen molar-refractivity contribution in [2.24, 2.45) is 35.5 Å². The van der Waals surface area contributed by atoms with E-state index in [1.807, 2.05) is 103 Å². The van der Waals surface area contributed by atoms with E-state index in [1.54, 1.807) is 42.3 Å². The van der Waals surface area contributed by atoms with Crippen molar-refractivity contribution in [1.29, 1.82) is 0 Å². The summed E-state index contributed by atoms with van der Waals surface area (Å²) in [5.41, 5.74) is 2.65. The third-order valence-electron chi connectivity index (χ3n) is 16.0. The van der Waals surface area contributed by atoms with E-state index in [4.69, 9.17) is 9.47 Å². The Kier molecular flexibility index (Phi) is 22.8. The molecule has 2 fully saturated rings. The van der Waals surface area contributed by atoms with Gasteiger partial charge in [0.2, 0.25) is 17.9 Å². The molecule has 2 aliphatic rings. The number of hydrogen-bond acceptors (Lipinski definition) is 12. The summed E-state index contributed by atoms with van der Waals surface area (Å²) < 4.78 is 12.2. The van der Waals surface area contributed by atoms with E-state index < -0.39 is 48.1 Å². The van der Waals surface area contributed by atoms with Gasteiger partial charge >= 0.3 is 6.09 Å². The molecular formula is C58H86N6O9S. The number of aliphatic hydroxyl groups excluding tert-OH is 1. The smallest absolute Gasteiger partial charge is 0.411 e. The van der Waals surface area contributed by atoms with Crippen molar-refractivity contribution in [3.05, 3.63) is 87.9 Å². The quantitative estimate of drug-likeness (QED) is 0.0825. The topological polar surface area (TPSA) is 170 Å². The van der Waals surface area contributed by atoms with E-state index in [0.717, 1.165) is 22.6 Å². The van der Waals surface area contributed by atoms with E-state index in [0.29, 0.717) is 57.5 Å². The number of likely N-dealkylation sites (tertiary alicyclic amines) is 1. The van der Waals surface area contributed by atoms with Crippen molar-refractivity contribution in [3.8, 4) is 0 Å². The molecule has 4 amide bonds. The van der Waals surface area contributed by atoms with Crippen LogP contribution in [0, 0.1) is 42.4 Å². The Labute approximate surface area is 445 Å². The third kappa shape index (κ3) is 15.3. The van der Waals surface area contributed by atoms with Crippen LogP contribution in [0.2, 0.25) is 0 Å². The number of rotatable bonds is 26. The lowest BCUT2D eigenvalue weighted by molar-refractivity contribution is -0.148. The number of Topliss-reactive ketones (excluding diaryl/α,β-unsaturated/α-hetero) is 2. The van der Waals surface area contributed by atoms with Crippen LogP contribution in [0.25, 0.3) is 0 Å². The summed E-state index contributed by atoms with van der Waals surface area (Å²) in [7, 11) is 6.77. The van der Waals surface area contributed by atoms with Crippen molar-refractivity contribution < 1.29 is 43.3 Å². The molecule has 16 heteroatoms. The number of carbonyl (C=O) groups is 6. The van der Waals surface area contributed by atoms with Gasteiger partial charge in [-0.3, -0.25) is 24.0 Å². The average Bonchev–Trinajstić information content (AvgIpc) is 4.11. The fraction of sp³-hybridized carbons (Fsp3) is 0.638. The summed E-state index contributed by atoms with van der Waals surface area (Å²) in [4.78, 5) is 99.5. The maximum atomic E-state index is 14.9. The fourth-order valence-electron chi connectivity index (χ4n) is 11.2. The molecule has 408 valence electrons. The van der Waals surface area contributed by atoms with E-state index in [1.165, 1.54) is 23.3 Å². The van der Waals surface area contributed by atoms with Crippen LogP contribution in [0.5, 0.6) is 0 Å². The maximum Gasteiger partial charge on any atom is 0.411 e. The van der Waals surface area contributed by atoms with Crippen molar-refractivity contribution in [3.63, 3.8) is 0 Å². The number of aryl methyl sites for hydroxylation is 1. The van der Waals surface area contributed by atoms with Gasteiger partial charge in [-0.05, 0) is 56.6 Å². The van der Waals surface area contributed by atoms with E-state index in [-0.39, 0.29) is 84.9 Å². The summed E-state index contributed by atoms with van der Waals surface area (Å²) in [5, 5.41) is 13.7. The Morgan fingerprint density at radius 2 is 1.50 bits per heavy atom. The van der Waals surface area contributed by atoms with Crippen LogP contribution in [-0.2, 0) is 39.9 Å². The van der Waals surface area contributed by atoms with Gasteiger partial charge < -0.3 is 39.1 Å². The molecule has 2 aromatic carbocycles. The summed E-state index contributed by atoms with van der Waals surface area (Å²) in [6.07, 6.45) is 1.82. The number of amides is 4. The Morgan fingerprint density at radius 3 is 2.07 bits per heavy atom. The lowest BCUT2D eigenvalue weighted by atomic mass is 9.80. The largest absolute Gasteiger partial charge is 0.431 e. The lowest BCUT2D eigenvalue weighted by Gasteiger charge is -2.41. The molecule has 2 unspecified atom stereocenters. The predicted octanol–water partition coefficient (Wildman–Crippen LogP) is 8.09. The minimum atomic E-state index is -1.21. The zero-order chi connectivity index (χ0) is 54.4. The Balaban J connectivity index is 1.29. The Bertz CT molecular complexity index is 2270. The van der Waals surface area contributed by atoms with Crippen LogP contribution < -0.4 is 0 Å². The van der Waals surface area contributed by atoms with Gasteiger partial charge in [0.05, 0.1) is 29.6 Å². The molecule has 3 aromatic rings. The molecular weight excluding hydrogens is 957 g/mol. The predicted molar refractivity (Wildman–Crippen MR) is 289 cm³/mol. The number of methoxy groups -OCH3 is 1. The van der Waals surface area contributed by atoms with Crippen LogP contribution in [0.1, 0.15) is 121 Å². The number of carbonyl (C=O) groups excluding carboxylic acids is 6. The summed E-state index contributed by atoms with van der Waals surface area (Å²) >= 11 is 1.53. The SMILES string of the molecule is CC[C@H](C)[C@@H]([C@@H](CC(=O)N1CCC[C@H]1[C@H](CO)[C@@H](C)C(=O)CC(Cc1ccccc1)c1nccs1)OC)N(C)C(=O)[C@@H](CC(=O)[C@H](C(C)C)N(C)C(=O)OC(C(=O)N1CCN(C)CC1)c1ccc(C)cc1)C(C)C. The molecule has 0 spiro atoms. The molecule has 1 aromatic heterocycles. The van der Waals surface area contributed by atoms with Gasteiger partial charge in [0.1, 0.15) is 5.78 Å². The van der Waals surface area contributed by atoms with Crippen LogP contribution in [0.15, 0.2) is 66.2 Å². The highest BCUT2D eigenvalue weighted by molar-refractivity contribution is 7.09. The van der Waals surface area contributed by atoms with Crippen molar-refractivity contribution >= 4 is 46.7 Å². The van der Waals surface area contributed by atoms with Gasteiger partial charge in [0.15, 0.2) is 5.78 Å². The zero-order valence-corrected chi connectivity index (χ0v) is 47.1. The molecule has 1 N–H and O–H groups in total. The summed E-state index contributed by atoms with van der Waals surface area (Å²) in [5.74, 6) is -3.66. The van der Waals surface area contributed by atoms with Gasteiger partial charge in [-0.2, -0.15) is 0 Å². The first-order valence-corrected chi connectivity index (χ1v) is 27.8. The van der Waals surface area contributed by atoms with E-state index in [9.17, 15) is 33.9 Å². The molecule has 2 aliphatic heterocycles. The third-order valence-corrected chi connectivity index (χ3v) is 16.9. The van der Waals surface area contributed by atoms with Crippen molar-refractivity contribution in [2.45, 2.75) is 137 Å². The molecule has 0 saturated carbocycles. The lowest BCUT2D eigenvalue weighted by Crippen LogP contribution is -2.54. The highest BCUT2D eigenvalue weighted by Gasteiger charge is 2.44. The normalized spacial score (nSPS) is 19.0. The number of likely N-dealkylation sites (N-methyl/N-ethyl adjacent to an activating group) is 3. The van der Waals surface area contributed by atoms with Crippen molar-refractivity contribution in [2.75, 3.05) is 67.6 Å². The first-order chi connectivity index (χ1) is 35.2. The summed E-state index contributed by atoms with van der Waals surface area (Å²) in [6.45, 7) is 17.9. The first-order valence-electron chi connectivity index (χ1n) is 26.9. The number of thiazole rings is 1. The van der Waals surface area contributed by atoms with Gasteiger partial charge in [-0.25, -0.2) is 9.78 Å². The number of nitrogens with zero attached hydrogens (tertiary/aromatic N) is 6. The number of aliphatic hydroxyl groups is 1. The highest BCUT2D eigenvalue weighted by atomic mass is 32.1. The standard InChI is InChI=1S/C58H86N6O9S/c1-13-40(7)53(50(72-12)35-51(68)64-26-17-20-47(64)46(36-65)41(8)48(66)33-44(55-59-25-31-74-55)32-42-18-15-14-16-19-42)61(10)56(69)45(37(2)3)34-49(67)52(38(4)5)62(11)58(71)73-54(43-23-21-39(6)22-24-43)57(70)63-29-27-60(9)28-30-63/h14-16,18-19,21-25,31,37-38,40-41,44-47,50,52-54,65H,13,17,20,26-30,32-36H2,1-12H3/t40-,41+,44?,45-,46+,47-,50+,52-,53-,54?/m0/s1. The van der Waals surface area contributed by atoms with Crippen LogP contribution in [0.3, 0.4) is 0 Å². The second-order valence-corrected chi connectivity index (χ2v) is 22.7. The fourth-order valence-corrected chi connectivity index (χ4v) is 11.9. The van der Waals surface area contributed by atoms with Crippen molar-refractivity contribution in [1.82, 2.24) is 29.5 Å². The first kappa shape index (κ1) is 59.8. The molecule has 74 heavy (non-hydrogen) atoms. The molecule has 15 nitrogen and oxygen atoms in total. The number of ketones is 2. The minimum Gasteiger partial charge on any atom is -0.431 e. The highest BCUT2D eigenvalue weighted by Crippen LogP contribution is 2.35. The van der Waals surface area contributed by atoms with Gasteiger partial charge in [-0.15, -0.1) is 11.3 Å². The molecule has 10 atom stereocenters. The number of ether oxygens (including phenoxy) is 2. The Hall–Kier alpha value is -5.03. The molecule has 3 heterocycles. The molecule has 0 bridgehead atoms. The number of aromatic nitrogens is 1. The molecule has 2 saturated heterocycles. The van der Waals surface area contributed by atoms with Crippen LogP contribution in [0.4, 0.5) is 4.79 Å². The second kappa shape index (κ2) is 28.2. The second-order valence-electron chi connectivity index (χ2n) is 21.8. The minimum absolute atomic E-state index is 0.0238. The van der Waals surface area contributed by atoms with Crippen LogP contribution in [-0.4, -0.2) is 162 Å². The summed E-state index contributed by atoms with van der Waals surface area (Å²) in [6, 6.07) is 15.5. The van der Waals surface area contributed by atoms with Gasteiger partial charge in [0.25, 0.3) is 5.91 Å². The molecule has 0 aliphatic carbocycles. The number of benzene rings is 2. The molecule has 5 rings (SSSR count). The number of piperazine rings is 1. The average molecular weight is 1040 g/mol. The van der Waals surface area contributed by atoms with Crippen LogP contribution >= 0.6 is 11.3 Å². The van der Waals surface area contributed by atoms with E-state index in [2.05, 4.69) is 22.0 Å². The van der Waals surface area contributed by atoms with Gasteiger partial charge in [0, 0.05) is 120 Å². The Morgan fingerprint density at radius 1 is 0.838 bits per heavy atom. The zero-order valence-electron chi connectivity index (χ0n) is 46.3. The monoisotopic (exact) mass is 1040 g/mol. The maximum absolute atomic E-state index is 14.9. The molecule has 0 radical (unpaired) electrons. The van der Waals surface area contributed by atoms with E-state index >= 15 is 0 Å². The van der Waals surface area contributed by atoms with Gasteiger partial charge in [-0.1, -0.05) is 115 Å².